The number of nitrogens with two attached hydrogens (primary N) is 1. The molecule has 5 heteroatoms. The molecular weight excluding hydrogens is 244 g/mol. The quantitative estimate of drug-likeness (QED) is 0.828. The summed E-state index contributed by atoms with van der Waals surface area (Å²) in [5, 5.41) is 0. The van der Waals surface area contributed by atoms with Crippen LogP contribution in [0.5, 0.6) is 0 Å². The maximum Gasteiger partial charge on any atom is 0.227 e. The van der Waals surface area contributed by atoms with Crippen molar-refractivity contribution in [3.8, 4) is 0 Å². The fourth-order valence-corrected chi connectivity index (χ4v) is 2.83. The minimum Gasteiger partial charge on any atom is -0.340 e. The number of amides is 1. The van der Waals surface area contributed by atoms with Gasteiger partial charge in [-0.3, -0.25) is 4.79 Å². The normalized spacial score (nSPS) is 23.2. The topological polar surface area (TPSA) is 46.3 Å². The van der Waals surface area contributed by atoms with Gasteiger partial charge in [-0.05, 0) is 20.8 Å². The number of rotatable bonds is 2. The maximum absolute atomic E-state index is 12.1. The molecule has 96 valence electrons. The molecule has 0 bridgehead atoms. The summed E-state index contributed by atoms with van der Waals surface area (Å²) in [5.41, 5.74) is 5.76. The van der Waals surface area contributed by atoms with E-state index in [0.29, 0.717) is 0 Å². The molecule has 3 nitrogen and oxygen atoms in total. The Morgan fingerprint density at radius 2 is 2.00 bits per heavy atom. The monoisotopic (exact) mass is 266 g/mol. The summed E-state index contributed by atoms with van der Waals surface area (Å²) in [6.07, 6.45) is 0. The number of nitrogens with zero attached hydrogens (tertiary/aromatic N) is 1. The second-order valence-corrected chi connectivity index (χ2v) is 6.82. The van der Waals surface area contributed by atoms with Gasteiger partial charge in [0.25, 0.3) is 0 Å². The van der Waals surface area contributed by atoms with Gasteiger partial charge in [0.15, 0.2) is 0 Å². The van der Waals surface area contributed by atoms with Crippen molar-refractivity contribution in [2.24, 2.45) is 11.7 Å². The highest BCUT2D eigenvalue weighted by Crippen LogP contribution is 2.30. The van der Waals surface area contributed by atoms with E-state index in [2.05, 4.69) is 13.8 Å². The number of carbonyl (C=O) groups excluding carboxylic acids is 1. The van der Waals surface area contributed by atoms with Gasteiger partial charge in [0.2, 0.25) is 5.91 Å². The van der Waals surface area contributed by atoms with Crippen molar-refractivity contribution in [3.63, 3.8) is 0 Å². The second kappa shape index (κ2) is 6.12. The average Bonchev–Trinajstić information content (AvgIpc) is 2.13. The second-order valence-electron chi connectivity index (χ2n) is 5.02. The van der Waals surface area contributed by atoms with Crippen molar-refractivity contribution < 1.29 is 4.79 Å². The van der Waals surface area contributed by atoms with E-state index in [1.54, 1.807) is 0 Å². The molecule has 1 rings (SSSR count). The lowest BCUT2D eigenvalue weighted by Gasteiger charge is -2.39. The van der Waals surface area contributed by atoms with E-state index in [0.717, 1.165) is 18.8 Å². The molecule has 0 aromatic heterocycles. The third-order valence-electron chi connectivity index (χ3n) is 2.92. The molecule has 16 heavy (non-hydrogen) atoms. The molecule has 2 N–H and O–H groups in total. The SMILES string of the molecule is CC(N)C(C)C(=O)N1CCSC(C)(C)C1.Cl. The Morgan fingerprint density at radius 3 is 2.44 bits per heavy atom. The van der Waals surface area contributed by atoms with Gasteiger partial charge in [0.1, 0.15) is 0 Å². The molecule has 1 aliphatic rings. The molecule has 1 aliphatic heterocycles. The van der Waals surface area contributed by atoms with Gasteiger partial charge in [-0.2, -0.15) is 11.8 Å². The fraction of sp³-hybridized carbons (Fsp3) is 0.909. The smallest absolute Gasteiger partial charge is 0.227 e. The number of thioether (sulfide) groups is 1. The van der Waals surface area contributed by atoms with Crippen LogP contribution in [-0.2, 0) is 4.79 Å². The molecule has 0 aliphatic carbocycles. The van der Waals surface area contributed by atoms with Gasteiger partial charge in [0, 0.05) is 29.6 Å². The van der Waals surface area contributed by atoms with Gasteiger partial charge in [-0.1, -0.05) is 6.92 Å². The Balaban J connectivity index is 0.00000225. The summed E-state index contributed by atoms with van der Waals surface area (Å²) in [5.74, 6) is 1.17. The summed E-state index contributed by atoms with van der Waals surface area (Å²) in [6.45, 7) is 9.90. The van der Waals surface area contributed by atoms with Crippen molar-refractivity contribution in [2.75, 3.05) is 18.8 Å². The van der Waals surface area contributed by atoms with E-state index in [-0.39, 0.29) is 35.0 Å². The van der Waals surface area contributed by atoms with Gasteiger partial charge < -0.3 is 10.6 Å². The summed E-state index contributed by atoms with van der Waals surface area (Å²) >= 11 is 1.94. The van der Waals surface area contributed by atoms with Crippen LogP contribution in [-0.4, -0.2) is 40.4 Å². The molecule has 0 aromatic carbocycles. The van der Waals surface area contributed by atoms with E-state index in [9.17, 15) is 4.79 Å². The van der Waals surface area contributed by atoms with Crippen molar-refractivity contribution >= 4 is 30.1 Å². The van der Waals surface area contributed by atoms with E-state index in [1.165, 1.54) is 0 Å². The highest BCUT2D eigenvalue weighted by Gasteiger charge is 2.32. The number of hydrogen-bond acceptors (Lipinski definition) is 3. The minimum atomic E-state index is -0.0658. The van der Waals surface area contributed by atoms with Crippen molar-refractivity contribution in [2.45, 2.75) is 38.5 Å². The third kappa shape index (κ3) is 4.15. The van der Waals surface area contributed by atoms with Crippen LogP contribution < -0.4 is 5.73 Å². The molecule has 0 saturated carbocycles. The molecule has 2 atom stereocenters. The Bertz CT molecular complexity index is 246. The molecule has 0 aromatic rings. The first-order valence-electron chi connectivity index (χ1n) is 5.52. The molecule has 2 unspecified atom stereocenters. The average molecular weight is 267 g/mol. The molecule has 1 amide bonds. The van der Waals surface area contributed by atoms with Crippen molar-refractivity contribution in [1.29, 1.82) is 0 Å². The third-order valence-corrected chi connectivity index (χ3v) is 4.21. The van der Waals surface area contributed by atoms with Crippen LogP contribution in [0, 0.1) is 5.92 Å². The van der Waals surface area contributed by atoms with Crippen LogP contribution in [0.3, 0.4) is 0 Å². The summed E-state index contributed by atoms with van der Waals surface area (Å²) in [7, 11) is 0. The first-order valence-corrected chi connectivity index (χ1v) is 6.50. The first kappa shape index (κ1) is 16.1. The lowest BCUT2D eigenvalue weighted by atomic mass is 10.0. The standard InChI is InChI=1S/C11H22N2OS.ClH/c1-8(9(2)12)10(14)13-5-6-15-11(3,4)7-13;/h8-9H,5-7,12H2,1-4H3;1H. The van der Waals surface area contributed by atoms with Crippen LogP contribution in [0.1, 0.15) is 27.7 Å². The van der Waals surface area contributed by atoms with E-state index in [1.807, 2.05) is 30.5 Å². The van der Waals surface area contributed by atoms with Crippen molar-refractivity contribution in [3.05, 3.63) is 0 Å². The predicted molar refractivity (Wildman–Crippen MR) is 73.2 cm³/mol. The summed E-state index contributed by atoms with van der Waals surface area (Å²) in [4.78, 5) is 14.0. The largest absolute Gasteiger partial charge is 0.340 e. The van der Waals surface area contributed by atoms with Crippen molar-refractivity contribution in [1.82, 2.24) is 4.90 Å². The molecule has 0 radical (unpaired) electrons. The number of carbonyl (C=O) groups is 1. The molecule has 1 fully saturated rings. The van der Waals surface area contributed by atoms with Crippen LogP contribution >= 0.6 is 24.2 Å². The summed E-state index contributed by atoms with van der Waals surface area (Å²) < 4.78 is 0.186. The zero-order valence-electron chi connectivity index (χ0n) is 10.5. The number of halogens is 1. The maximum atomic E-state index is 12.1. The van der Waals surface area contributed by atoms with Crippen LogP contribution in [0.15, 0.2) is 0 Å². The van der Waals surface area contributed by atoms with Gasteiger partial charge >= 0.3 is 0 Å². The molecule has 1 heterocycles. The van der Waals surface area contributed by atoms with E-state index < -0.39 is 0 Å². The number of hydrogen-bond donors (Lipinski definition) is 1. The lowest BCUT2D eigenvalue weighted by molar-refractivity contribution is -0.135. The molecule has 0 spiro atoms. The van der Waals surface area contributed by atoms with Gasteiger partial charge in [-0.15, -0.1) is 12.4 Å². The van der Waals surface area contributed by atoms with Crippen LogP contribution in [0.4, 0.5) is 0 Å². The molecule has 1 saturated heterocycles. The Hall–Kier alpha value is 0.0700. The van der Waals surface area contributed by atoms with E-state index in [4.69, 9.17) is 5.73 Å². The van der Waals surface area contributed by atoms with Crippen LogP contribution in [0.2, 0.25) is 0 Å². The zero-order chi connectivity index (χ0) is 11.6. The minimum absolute atomic E-state index is 0. The predicted octanol–water partition coefficient (Wildman–Crippen LogP) is 1.75. The fourth-order valence-electron chi connectivity index (χ4n) is 1.72. The van der Waals surface area contributed by atoms with E-state index >= 15 is 0 Å². The lowest BCUT2D eigenvalue weighted by Crippen LogP contribution is -2.50. The highest BCUT2D eigenvalue weighted by molar-refractivity contribution is 8.00. The molecular formula is C11H23ClN2OS. The highest BCUT2D eigenvalue weighted by atomic mass is 35.5. The van der Waals surface area contributed by atoms with Gasteiger partial charge in [-0.25, -0.2) is 0 Å². The summed E-state index contributed by atoms with van der Waals surface area (Å²) in [6, 6.07) is -0.0600. The Kier molecular flexibility index (Phi) is 6.15. The first-order chi connectivity index (χ1) is 6.83. The zero-order valence-corrected chi connectivity index (χ0v) is 12.2. The Labute approximate surface area is 109 Å². The Morgan fingerprint density at radius 1 is 1.44 bits per heavy atom. The van der Waals surface area contributed by atoms with Crippen LogP contribution in [0.25, 0.3) is 0 Å². The van der Waals surface area contributed by atoms with Gasteiger partial charge in [0.05, 0.1) is 5.92 Å².